The van der Waals surface area contributed by atoms with Crippen LogP contribution in [0.5, 0.6) is 0 Å². The van der Waals surface area contributed by atoms with E-state index in [4.69, 9.17) is 10.5 Å². The predicted octanol–water partition coefficient (Wildman–Crippen LogP) is 1.57. The van der Waals surface area contributed by atoms with Gasteiger partial charge in [-0.15, -0.1) is 22.7 Å². The summed E-state index contributed by atoms with van der Waals surface area (Å²) in [5.74, 6) is 0.548. The molecule has 0 aliphatic carbocycles. The van der Waals surface area contributed by atoms with Crippen LogP contribution in [0.15, 0.2) is 9.59 Å². The molecular weight excluding hydrogens is 348 g/mol. The second kappa shape index (κ2) is 5.23. The van der Waals surface area contributed by atoms with Gasteiger partial charge in [0.25, 0.3) is 11.1 Å². The standard InChI is InChI=1S/C14H6N6O2S2/c15-3-1-5-17-8-7-9-11(13(22)20-6(18-9)2-4-16)24-14(7)23-10(8)12(21)19-5/h1-2H2,(H,17,19,21)(H,18,20,22). The van der Waals surface area contributed by atoms with Crippen molar-refractivity contribution in [2.45, 2.75) is 12.8 Å². The van der Waals surface area contributed by atoms with E-state index in [0.717, 1.165) is 4.01 Å². The summed E-state index contributed by atoms with van der Waals surface area (Å²) in [6.07, 6.45) is -0.0312. The first kappa shape index (κ1) is 14.5. The van der Waals surface area contributed by atoms with Crippen molar-refractivity contribution in [2.75, 3.05) is 0 Å². The van der Waals surface area contributed by atoms with E-state index in [1.807, 2.05) is 12.1 Å². The Labute approximate surface area is 140 Å². The third-order valence-corrected chi connectivity index (χ3v) is 5.86. The normalized spacial score (nSPS) is 11.1. The quantitative estimate of drug-likeness (QED) is 0.560. The molecule has 0 radical (unpaired) electrons. The van der Waals surface area contributed by atoms with Crippen molar-refractivity contribution in [3.05, 3.63) is 32.4 Å². The van der Waals surface area contributed by atoms with Gasteiger partial charge in [-0.05, 0) is 0 Å². The fourth-order valence-electron chi connectivity index (χ4n) is 2.48. The lowest BCUT2D eigenvalue weighted by molar-refractivity contribution is 1.00. The Hall–Kier alpha value is -3.08. The molecular formula is C14H6N6O2S2. The second-order valence-corrected chi connectivity index (χ2v) is 7.22. The molecule has 0 amide bonds. The molecule has 10 heteroatoms. The highest BCUT2D eigenvalue weighted by Crippen LogP contribution is 2.40. The fourth-order valence-corrected chi connectivity index (χ4v) is 4.88. The van der Waals surface area contributed by atoms with Gasteiger partial charge in [0.05, 0.1) is 45.4 Å². The van der Waals surface area contributed by atoms with Crippen LogP contribution >= 0.6 is 22.7 Å². The molecule has 8 nitrogen and oxygen atoms in total. The van der Waals surface area contributed by atoms with Gasteiger partial charge in [0.2, 0.25) is 0 Å². The summed E-state index contributed by atoms with van der Waals surface area (Å²) >= 11 is 2.48. The summed E-state index contributed by atoms with van der Waals surface area (Å²) in [4.78, 5) is 38.3. The smallest absolute Gasteiger partial charge is 0.268 e. The van der Waals surface area contributed by atoms with Gasteiger partial charge >= 0.3 is 0 Å². The van der Waals surface area contributed by atoms with Crippen LogP contribution < -0.4 is 11.1 Å². The number of H-pyrrole nitrogens is 2. The van der Waals surface area contributed by atoms with Crippen LogP contribution in [-0.4, -0.2) is 19.9 Å². The molecule has 116 valence electrons. The van der Waals surface area contributed by atoms with Crippen LogP contribution in [0.1, 0.15) is 11.6 Å². The molecule has 2 N–H and O–H groups in total. The Bertz CT molecular complexity index is 1230. The maximum absolute atomic E-state index is 12.2. The van der Waals surface area contributed by atoms with Gasteiger partial charge in [-0.1, -0.05) is 0 Å². The van der Waals surface area contributed by atoms with Crippen LogP contribution in [0.4, 0.5) is 0 Å². The van der Waals surface area contributed by atoms with Gasteiger partial charge in [-0.2, -0.15) is 10.5 Å². The molecule has 4 rings (SSSR count). The molecule has 0 spiro atoms. The third-order valence-electron chi connectivity index (χ3n) is 3.41. The maximum atomic E-state index is 12.2. The van der Waals surface area contributed by atoms with Crippen LogP contribution in [0.3, 0.4) is 0 Å². The summed E-state index contributed by atoms with van der Waals surface area (Å²) in [5, 5.41) is 18.3. The van der Waals surface area contributed by atoms with E-state index >= 15 is 0 Å². The van der Waals surface area contributed by atoms with Gasteiger partial charge in [-0.25, -0.2) is 9.97 Å². The molecule has 24 heavy (non-hydrogen) atoms. The average molecular weight is 354 g/mol. The lowest BCUT2D eigenvalue weighted by Gasteiger charge is -1.97. The van der Waals surface area contributed by atoms with Crippen molar-refractivity contribution >= 4 is 52.5 Å². The second-order valence-electron chi connectivity index (χ2n) is 4.92. The fraction of sp³-hybridized carbons (Fsp3) is 0.143. The SMILES string of the molecule is N#CCc1nc2c(sc3sc4c(=O)[nH]c(CC#N)nc4c32)c(=O)[nH]1. The number of aromatic nitrogens is 4. The van der Waals surface area contributed by atoms with Crippen LogP contribution in [-0.2, 0) is 12.8 Å². The molecule has 4 heterocycles. The number of rotatable bonds is 2. The summed E-state index contributed by atoms with van der Waals surface area (Å²) in [6.45, 7) is 0. The summed E-state index contributed by atoms with van der Waals surface area (Å²) in [6, 6.07) is 3.90. The highest BCUT2D eigenvalue weighted by Gasteiger charge is 2.19. The number of hydrogen-bond donors (Lipinski definition) is 2. The molecule has 0 atom stereocenters. The van der Waals surface area contributed by atoms with E-state index in [-0.39, 0.29) is 35.6 Å². The zero-order valence-electron chi connectivity index (χ0n) is 11.8. The van der Waals surface area contributed by atoms with E-state index in [1.54, 1.807) is 0 Å². The third kappa shape index (κ3) is 2.01. The van der Waals surface area contributed by atoms with E-state index in [2.05, 4.69) is 19.9 Å². The Morgan fingerprint density at radius 2 is 1.33 bits per heavy atom. The van der Waals surface area contributed by atoms with Crippen LogP contribution in [0.25, 0.3) is 29.8 Å². The zero-order chi connectivity index (χ0) is 16.8. The molecule has 0 unspecified atom stereocenters. The zero-order valence-corrected chi connectivity index (χ0v) is 13.5. The minimum Gasteiger partial charge on any atom is -0.308 e. The number of thiophene rings is 2. The summed E-state index contributed by atoms with van der Waals surface area (Å²) < 4.78 is 1.63. The highest BCUT2D eigenvalue weighted by atomic mass is 32.2. The number of fused-ring (bicyclic) bond motifs is 5. The molecule has 0 aromatic carbocycles. The van der Waals surface area contributed by atoms with E-state index in [0.29, 0.717) is 25.8 Å². The summed E-state index contributed by atoms with van der Waals surface area (Å²) in [5.41, 5.74) is 0.260. The van der Waals surface area contributed by atoms with E-state index in [1.165, 1.54) is 22.7 Å². The Morgan fingerprint density at radius 3 is 1.75 bits per heavy atom. The first-order valence-corrected chi connectivity index (χ1v) is 8.36. The Kier molecular flexibility index (Phi) is 3.16. The Morgan fingerprint density at radius 1 is 0.875 bits per heavy atom. The van der Waals surface area contributed by atoms with Crippen molar-refractivity contribution in [1.82, 2.24) is 19.9 Å². The molecule has 0 fully saturated rings. The van der Waals surface area contributed by atoms with Crippen LogP contribution in [0.2, 0.25) is 0 Å². The molecule has 4 aromatic rings. The van der Waals surface area contributed by atoms with Crippen molar-refractivity contribution < 1.29 is 0 Å². The topological polar surface area (TPSA) is 139 Å². The number of hydrogen-bond acceptors (Lipinski definition) is 8. The Balaban J connectivity index is 2.18. The van der Waals surface area contributed by atoms with E-state index < -0.39 is 0 Å². The monoisotopic (exact) mass is 354 g/mol. The minimum absolute atomic E-state index is 0.0156. The highest BCUT2D eigenvalue weighted by molar-refractivity contribution is 7.44. The largest absolute Gasteiger partial charge is 0.308 e. The van der Waals surface area contributed by atoms with Crippen molar-refractivity contribution in [3.8, 4) is 12.1 Å². The van der Waals surface area contributed by atoms with Gasteiger partial charge < -0.3 is 9.97 Å². The first-order chi connectivity index (χ1) is 11.6. The van der Waals surface area contributed by atoms with Gasteiger partial charge in [0.15, 0.2) is 0 Å². The number of nitriles is 2. The van der Waals surface area contributed by atoms with Crippen molar-refractivity contribution in [1.29, 1.82) is 10.5 Å². The minimum atomic E-state index is -0.311. The van der Waals surface area contributed by atoms with Gasteiger partial charge in [0, 0.05) is 0 Å². The average Bonchev–Trinajstić information content (AvgIpc) is 3.06. The number of nitrogens with one attached hydrogen (secondary N) is 2. The molecule has 4 aromatic heterocycles. The van der Waals surface area contributed by atoms with Crippen LogP contribution in [0, 0.1) is 22.7 Å². The number of nitrogens with zero attached hydrogens (tertiary/aromatic N) is 4. The van der Waals surface area contributed by atoms with E-state index in [9.17, 15) is 9.59 Å². The summed E-state index contributed by atoms with van der Waals surface area (Å²) in [7, 11) is 0. The first-order valence-electron chi connectivity index (χ1n) is 6.73. The molecule has 0 saturated heterocycles. The molecule has 0 saturated carbocycles. The predicted molar refractivity (Wildman–Crippen MR) is 90.2 cm³/mol. The molecule has 0 aliphatic rings. The molecule has 0 aliphatic heterocycles. The molecule has 0 bridgehead atoms. The van der Waals surface area contributed by atoms with Gasteiger partial charge in [-0.3, -0.25) is 9.59 Å². The van der Waals surface area contributed by atoms with Crippen molar-refractivity contribution in [2.24, 2.45) is 0 Å². The maximum Gasteiger partial charge on any atom is 0.268 e. The van der Waals surface area contributed by atoms with Gasteiger partial charge in [0.1, 0.15) is 21.0 Å². The number of aromatic amines is 2. The lowest BCUT2D eigenvalue weighted by Crippen LogP contribution is -2.11. The lowest BCUT2D eigenvalue weighted by atomic mass is 10.3. The van der Waals surface area contributed by atoms with Crippen molar-refractivity contribution in [3.63, 3.8) is 0 Å².